The van der Waals surface area contributed by atoms with Gasteiger partial charge in [-0.3, -0.25) is 14.4 Å². The second-order valence-corrected chi connectivity index (χ2v) is 13.5. The van der Waals surface area contributed by atoms with Gasteiger partial charge in [0.1, 0.15) is 12.6 Å². The zero-order valence-corrected chi connectivity index (χ0v) is 31.8. The van der Waals surface area contributed by atoms with E-state index in [0.29, 0.717) is 12.8 Å². The van der Waals surface area contributed by atoms with Crippen LogP contribution in [0, 0.1) is 0 Å². The van der Waals surface area contributed by atoms with Gasteiger partial charge in [0.15, 0.2) is 0 Å². The molecule has 0 aliphatic rings. The standard InChI is InChI=1S/C43H75NO5/c1-3-5-7-9-11-13-14-15-16-17-18-19-20-21-22-24-26-28-34-38-43(48)49-40(35-31-27-25-23-12-10-8-6-4-2)36-32-29-30-33-37-41(45)44-39-42(46)47/h11,13,15-16,18-19,31,35,40H,3-10,12,14,17,20-30,32-34,36-39H2,1-2H3,(H,44,45)(H,46,47)/b13-11-,16-15-,19-18-,35-31-. The van der Waals surface area contributed by atoms with Gasteiger partial charge in [0.2, 0.25) is 5.91 Å². The number of nitrogens with one attached hydrogen (secondary N) is 1. The quantitative estimate of drug-likeness (QED) is 0.0389. The molecule has 1 unspecified atom stereocenters. The molecule has 1 amide bonds. The van der Waals surface area contributed by atoms with Crippen molar-refractivity contribution in [2.75, 3.05) is 6.54 Å². The molecule has 0 saturated carbocycles. The molecule has 6 nitrogen and oxygen atoms in total. The Morgan fingerprint density at radius 3 is 1.59 bits per heavy atom. The van der Waals surface area contributed by atoms with Gasteiger partial charge in [0.25, 0.3) is 0 Å². The van der Waals surface area contributed by atoms with Crippen LogP contribution >= 0.6 is 0 Å². The van der Waals surface area contributed by atoms with Crippen LogP contribution in [-0.2, 0) is 19.1 Å². The highest BCUT2D eigenvalue weighted by atomic mass is 16.5. The van der Waals surface area contributed by atoms with Crippen LogP contribution in [-0.4, -0.2) is 35.6 Å². The molecule has 0 saturated heterocycles. The Balaban J connectivity index is 4.15. The molecule has 0 aliphatic heterocycles. The number of allylic oxidation sites excluding steroid dienone is 7. The van der Waals surface area contributed by atoms with Crippen molar-refractivity contribution in [3.8, 4) is 0 Å². The van der Waals surface area contributed by atoms with Gasteiger partial charge in [-0.15, -0.1) is 0 Å². The third kappa shape index (κ3) is 38.0. The van der Waals surface area contributed by atoms with Crippen LogP contribution in [0.1, 0.15) is 194 Å². The first kappa shape index (κ1) is 46.4. The maximum absolute atomic E-state index is 12.7. The molecule has 0 fully saturated rings. The summed E-state index contributed by atoms with van der Waals surface area (Å²) in [6, 6.07) is 0. The number of esters is 1. The minimum atomic E-state index is -1.03. The lowest BCUT2D eigenvalue weighted by molar-refractivity contribution is -0.147. The summed E-state index contributed by atoms with van der Waals surface area (Å²) in [7, 11) is 0. The molecule has 0 bridgehead atoms. The zero-order chi connectivity index (χ0) is 35.9. The molecular formula is C43H75NO5. The average Bonchev–Trinajstić information content (AvgIpc) is 3.08. The second-order valence-electron chi connectivity index (χ2n) is 13.5. The van der Waals surface area contributed by atoms with Crippen molar-refractivity contribution in [3.05, 3.63) is 48.6 Å². The lowest BCUT2D eigenvalue weighted by Gasteiger charge is -2.15. The van der Waals surface area contributed by atoms with E-state index < -0.39 is 5.97 Å². The van der Waals surface area contributed by atoms with Gasteiger partial charge >= 0.3 is 11.9 Å². The van der Waals surface area contributed by atoms with Crippen LogP contribution in [0.4, 0.5) is 0 Å². The lowest BCUT2D eigenvalue weighted by Crippen LogP contribution is -2.28. The number of hydrogen-bond acceptors (Lipinski definition) is 4. The summed E-state index contributed by atoms with van der Waals surface area (Å²) in [6.45, 7) is 4.16. The molecule has 282 valence electrons. The van der Waals surface area contributed by atoms with E-state index in [-0.39, 0.29) is 24.5 Å². The van der Waals surface area contributed by atoms with E-state index in [1.54, 1.807) is 0 Å². The molecule has 0 aliphatic carbocycles. The topological polar surface area (TPSA) is 92.7 Å². The predicted octanol–water partition coefficient (Wildman–Crippen LogP) is 12.3. The van der Waals surface area contributed by atoms with Gasteiger partial charge in [-0.1, -0.05) is 146 Å². The smallest absolute Gasteiger partial charge is 0.322 e. The van der Waals surface area contributed by atoms with Crippen LogP contribution in [0.2, 0.25) is 0 Å². The number of carbonyl (C=O) groups is 3. The molecule has 2 N–H and O–H groups in total. The van der Waals surface area contributed by atoms with Crippen molar-refractivity contribution < 1.29 is 24.2 Å². The van der Waals surface area contributed by atoms with Crippen molar-refractivity contribution in [1.29, 1.82) is 0 Å². The zero-order valence-electron chi connectivity index (χ0n) is 31.8. The van der Waals surface area contributed by atoms with Gasteiger partial charge in [0.05, 0.1) is 0 Å². The predicted molar refractivity (Wildman–Crippen MR) is 208 cm³/mol. The highest BCUT2D eigenvalue weighted by molar-refractivity contribution is 5.80. The molecule has 0 radical (unpaired) electrons. The maximum Gasteiger partial charge on any atom is 0.322 e. The third-order valence-electron chi connectivity index (χ3n) is 8.71. The van der Waals surface area contributed by atoms with Gasteiger partial charge < -0.3 is 15.2 Å². The van der Waals surface area contributed by atoms with Gasteiger partial charge in [-0.05, 0) is 83.1 Å². The minimum absolute atomic E-state index is 0.0946. The van der Waals surface area contributed by atoms with Gasteiger partial charge in [-0.2, -0.15) is 0 Å². The number of hydrogen-bond donors (Lipinski definition) is 2. The van der Waals surface area contributed by atoms with Crippen LogP contribution in [0.15, 0.2) is 48.6 Å². The van der Waals surface area contributed by atoms with E-state index >= 15 is 0 Å². The summed E-state index contributed by atoms with van der Waals surface area (Å²) in [5, 5.41) is 11.1. The molecule has 1 atom stereocenters. The fraction of sp³-hybridized carbons (Fsp3) is 0.744. The molecular weight excluding hydrogens is 610 g/mol. The first-order valence-electron chi connectivity index (χ1n) is 20.3. The summed E-state index contributed by atoms with van der Waals surface area (Å²) >= 11 is 0. The molecule has 0 aromatic rings. The van der Waals surface area contributed by atoms with Crippen LogP contribution in [0.3, 0.4) is 0 Å². The number of rotatable bonds is 36. The molecule has 0 spiro atoms. The fourth-order valence-corrected chi connectivity index (χ4v) is 5.67. The summed E-state index contributed by atoms with van der Waals surface area (Å²) in [5.74, 6) is -1.34. The van der Waals surface area contributed by atoms with E-state index in [1.165, 1.54) is 96.3 Å². The fourth-order valence-electron chi connectivity index (χ4n) is 5.67. The van der Waals surface area contributed by atoms with Crippen molar-refractivity contribution in [2.45, 2.75) is 200 Å². The van der Waals surface area contributed by atoms with Gasteiger partial charge in [0, 0.05) is 12.8 Å². The van der Waals surface area contributed by atoms with Crippen molar-refractivity contribution in [2.24, 2.45) is 0 Å². The Bertz CT molecular complexity index is 891. The Morgan fingerprint density at radius 2 is 1.00 bits per heavy atom. The van der Waals surface area contributed by atoms with Crippen molar-refractivity contribution in [1.82, 2.24) is 5.32 Å². The Hall–Kier alpha value is -2.63. The largest absolute Gasteiger partial charge is 0.480 e. The summed E-state index contributed by atoms with van der Waals surface area (Å²) in [6.07, 6.45) is 48.1. The Labute approximate surface area is 301 Å². The summed E-state index contributed by atoms with van der Waals surface area (Å²) < 4.78 is 5.90. The highest BCUT2D eigenvalue weighted by Gasteiger charge is 2.12. The number of carboxylic acid groups (broad SMARTS) is 1. The van der Waals surface area contributed by atoms with E-state index in [2.05, 4.69) is 67.8 Å². The number of carbonyl (C=O) groups excluding carboxylic acids is 2. The number of aliphatic carboxylic acids is 1. The second kappa shape index (κ2) is 38.2. The molecule has 0 aromatic heterocycles. The monoisotopic (exact) mass is 686 g/mol. The Kier molecular flexibility index (Phi) is 36.1. The molecule has 49 heavy (non-hydrogen) atoms. The van der Waals surface area contributed by atoms with Crippen LogP contribution in [0.25, 0.3) is 0 Å². The maximum atomic E-state index is 12.7. The SMILES string of the molecule is CCCCC/C=C\C/C=C\C/C=C\CCCCCCCCC(=O)OC(/C=C\CCCCCCCCC)CCCCCCC(=O)NCC(=O)O. The summed E-state index contributed by atoms with van der Waals surface area (Å²) in [4.78, 5) is 34.9. The molecule has 0 rings (SSSR count). The number of ether oxygens (including phenoxy) is 1. The number of carboxylic acids is 1. The lowest BCUT2D eigenvalue weighted by atomic mass is 10.1. The molecule has 0 heterocycles. The first-order chi connectivity index (χ1) is 24.0. The van der Waals surface area contributed by atoms with E-state index in [0.717, 1.165) is 70.6 Å². The van der Waals surface area contributed by atoms with Crippen molar-refractivity contribution >= 4 is 17.8 Å². The first-order valence-corrected chi connectivity index (χ1v) is 20.3. The normalized spacial score (nSPS) is 12.5. The van der Waals surface area contributed by atoms with E-state index in [4.69, 9.17) is 9.84 Å². The van der Waals surface area contributed by atoms with Gasteiger partial charge in [-0.25, -0.2) is 0 Å². The third-order valence-corrected chi connectivity index (χ3v) is 8.71. The average molecular weight is 686 g/mol. The van der Waals surface area contributed by atoms with Crippen LogP contribution in [0.5, 0.6) is 0 Å². The van der Waals surface area contributed by atoms with E-state index in [9.17, 15) is 14.4 Å². The minimum Gasteiger partial charge on any atom is -0.480 e. The highest BCUT2D eigenvalue weighted by Crippen LogP contribution is 2.15. The van der Waals surface area contributed by atoms with E-state index in [1.807, 2.05) is 0 Å². The molecule has 0 aromatic carbocycles. The van der Waals surface area contributed by atoms with Crippen molar-refractivity contribution in [3.63, 3.8) is 0 Å². The number of unbranched alkanes of at least 4 members (excludes halogenated alkanes) is 19. The Morgan fingerprint density at radius 1 is 0.551 bits per heavy atom. The molecule has 6 heteroatoms. The summed E-state index contributed by atoms with van der Waals surface area (Å²) in [5.41, 5.74) is 0. The number of amides is 1. The van der Waals surface area contributed by atoms with Crippen LogP contribution < -0.4 is 5.32 Å².